The van der Waals surface area contributed by atoms with Crippen LogP contribution in [0.5, 0.6) is 5.75 Å². The molecule has 0 aromatic heterocycles. The van der Waals surface area contributed by atoms with E-state index in [2.05, 4.69) is 0 Å². The highest BCUT2D eigenvalue weighted by Crippen LogP contribution is 2.12. The van der Waals surface area contributed by atoms with Gasteiger partial charge in [-0.2, -0.15) is 0 Å². The lowest BCUT2D eigenvalue weighted by Crippen LogP contribution is -1.92. The van der Waals surface area contributed by atoms with E-state index in [4.69, 9.17) is 11.7 Å². The minimum atomic E-state index is -0.441. The number of hydrogen-bond acceptors (Lipinski definition) is 2. The topological polar surface area (TPSA) is 26.3 Å². The van der Waals surface area contributed by atoms with Gasteiger partial charge in [-0.15, -0.1) is 0 Å². The lowest BCUT2D eigenvalue weighted by Gasteiger charge is -1.99. The van der Waals surface area contributed by atoms with Crippen molar-refractivity contribution in [3.05, 3.63) is 36.8 Å². The van der Waals surface area contributed by atoms with Crippen LogP contribution < -0.4 is 4.74 Å². The molecule has 2 nitrogen and oxygen atoms in total. The molecule has 0 fully saturated rings. The molecular weight excluding hydrogens is 140 g/mol. The second-order valence-corrected chi connectivity index (χ2v) is 2.10. The quantitative estimate of drug-likeness (QED) is 0.595. The van der Waals surface area contributed by atoms with Crippen molar-refractivity contribution in [1.82, 2.24) is 0 Å². The maximum atomic E-state index is 10.6. The predicted octanol–water partition coefficient (Wildman–Crippen LogP) is 1.59. The smallest absolute Gasteiger partial charge is 0.167 e. The first-order valence-corrected chi connectivity index (χ1v) is 3.18. The fourth-order valence-corrected chi connectivity index (χ4v) is 0.776. The Morgan fingerprint density at radius 1 is 1.55 bits per heavy atom. The summed E-state index contributed by atoms with van der Waals surface area (Å²) in [6.07, 6.45) is 0. The highest BCUT2D eigenvalue weighted by atomic mass is 16.5. The van der Waals surface area contributed by atoms with E-state index in [0.29, 0.717) is 11.3 Å². The Bertz CT molecular complexity index is 266. The molecule has 0 unspecified atom stereocenters. The van der Waals surface area contributed by atoms with Gasteiger partial charge in [0.05, 0.1) is 7.11 Å². The van der Waals surface area contributed by atoms with Crippen molar-refractivity contribution in [1.29, 1.82) is 0 Å². The van der Waals surface area contributed by atoms with Gasteiger partial charge in [0.25, 0.3) is 0 Å². The molecule has 0 saturated carbocycles. The zero-order chi connectivity index (χ0) is 8.27. The van der Waals surface area contributed by atoms with E-state index in [1.54, 1.807) is 31.4 Å². The maximum Gasteiger partial charge on any atom is 0.167 e. The Morgan fingerprint density at radius 3 is 2.82 bits per heavy atom. The van der Waals surface area contributed by atoms with E-state index < -0.39 is 5.78 Å². The minimum Gasteiger partial charge on any atom is -0.497 e. The van der Waals surface area contributed by atoms with Crippen LogP contribution in [0.25, 0.3) is 0 Å². The number of ketones is 1. The van der Waals surface area contributed by atoms with E-state index in [0.717, 1.165) is 0 Å². The Labute approximate surface area is 65.8 Å². The number of rotatable bonds is 2. The second-order valence-electron chi connectivity index (χ2n) is 2.10. The summed E-state index contributed by atoms with van der Waals surface area (Å²) in [5.74, 6) is 0.199. The number of benzene rings is 1. The van der Waals surface area contributed by atoms with Crippen molar-refractivity contribution in [3.63, 3.8) is 0 Å². The van der Waals surface area contributed by atoms with Crippen LogP contribution >= 0.6 is 0 Å². The molecule has 0 spiro atoms. The molecule has 0 saturated heterocycles. The number of Topliss-reactive ketones (excluding diaryl/α,β-unsaturated/α-hetero) is 1. The summed E-state index contributed by atoms with van der Waals surface area (Å²) < 4.78 is 4.90. The third-order valence-corrected chi connectivity index (χ3v) is 1.35. The Hall–Kier alpha value is -1.31. The van der Waals surface area contributed by atoms with Gasteiger partial charge < -0.3 is 4.74 Å². The highest BCUT2D eigenvalue weighted by molar-refractivity contribution is 5.99. The van der Waals surface area contributed by atoms with Crippen LogP contribution in [0.15, 0.2) is 24.3 Å². The Kier molecular flexibility index (Phi) is 2.26. The monoisotopic (exact) mass is 148 g/mol. The molecule has 0 heterocycles. The zero-order valence-electron chi connectivity index (χ0n) is 6.20. The number of hydrogen-bond donors (Lipinski definition) is 0. The van der Waals surface area contributed by atoms with Crippen LogP contribution in [0.2, 0.25) is 0 Å². The van der Waals surface area contributed by atoms with Crippen LogP contribution in [0.4, 0.5) is 0 Å². The maximum absolute atomic E-state index is 10.6. The number of carbonyl (C=O) groups excluding carboxylic acids is 1. The van der Waals surface area contributed by atoms with Gasteiger partial charge in [-0.3, -0.25) is 4.79 Å². The molecule has 2 heteroatoms. The van der Waals surface area contributed by atoms with Crippen LogP contribution in [0.1, 0.15) is 10.4 Å². The van der Waals surface area contributed by atoms with E-state index in [1.165, 1.54) is 0 Å². The van der Waals surface area contributed by atoms with Gasteiger partial charge in [0.2, 0.25) is 0 Å². The largest absolute Gasteiger partial charge is 0.497 e. The third-order valence-electron chi connectivity index (χ3n) is 1.35. The van der Waals surface area contributed by atoms with Gasteiger partial charge in [0.15, 0.2) is 5.78 Å². The molecule has 1 aromatic carbocycles. The SMILES string of the molecule is [CH]C(=O)c1cccc(OC)c1. The zero-order valence-corrected chi connectivity index (χ0v) is 6.20. The summed E-state index contributed by atoms with van der Waals surface area (Å²) in [7, 11) is 1.54. The molecule has 1 rings (SSSR count). The molecule has 0 atom stereocenters. The summed E-state index contributed by atoms with van der Waals surface area (Å²) >= 11 is 0. The highest BCUT2D eigenvalue weighted by Gasteiger charge is 1.99. The predicted molar refractivity (Wildman–Crippen MR) is 41.6 cm³/mol. The summed E-state index contributed by atoms with van der Waals surface area (Å²) in [4.78, 5) is 10.6. The van der Waals surface area contributed by atoms with E-state index in [9.17, 15) is 4.79 Å². The summed E-state index contributed by atoms with van der Waals surface area (Å²) in [5.41, 5.74) is 0.462. The van der Waals surface area contributed by atoms with E-state index in [1.807, 2.05) is 0 Å². The molecule has 0 N–H and O–H groups in total. The Morgan fingerprint density at radius 2 is 2.27 bits per heavy atom. The molecular formula is C9H8O2. The normalized spacial score (nSPS) is 9.27. The van der Waals surface area contributed by atoms with Gasteiger partial charge in [0.1, 0.15) is 5.75 Å². The number of methoxy groups -OCH3 is 1. The second kappa shape index (κ2) is 3.19. The standard InChI is InChI=1S/C9H8O2/c1-7(10)8-4-3-5-9(6-8)11-2/h1,3-6H,2H3. The van der Waals surface area contributed by atoms with E-state index >= 15 is 0 Å². The Balaban J connectivity index is 3.01. The molecule has 11 heavy (non-hydrogen) atoms. The molecule has 2 radical (unpaired) electrons. The van der Waals surface area contributed by atoms with Crippen LogP contribution in [-0.2, 0) is 0 Å². The first-order valence-electron chi connectivity index (χ1n) is 3.18. The van der Waals surface area contributed by atoms with Crippen LogP contribution in [0.3, 0.4) is 0 Å². The summed E-state index contributed by atoms with van der Waals surface area (Å²) in [5, 5.41) is 0. The molecule has 0 aliphatic heterocycles. The first kappa shape index (κ1) is 7.79. The summed E-state index contributed by atoms with van der Waals surface area (Å²) in [6, 6.07) is 6.72. The van der Waals surface area contributed by atoms with Crippen molar-refractivity contribution < 1.29 is 9.53 Å². The van der Waals surface area contributed by atoms with Crippen LogP contribution in [-0.4, -0.2) is 12.9 Å². The van der Waals surface area contributed by atoms with Gasteiger partial charge in [-0.05, 0) is 12.1 Å². The molecule has 0 amide bonds. The van der Waals surface area contributed by atoms with Crippen molar-refractivity contribution in [2.45, 2.75) is 0 Å². The van der Waals surface area contributed by atoms with Crippen LogP contribution in [0, 0.1) is 6.92 Å². The van der Waals surface area contributed by atoms with E-state index in [-0.39, 0.29) is 0 Å². The fourth-order valence-electron chi connectivity index (χ4n) is 0.776. The average Bonchev–Trinajstić information content (AvgIpc) is 2.05. The summed E-state index contributed by atoms with van der Waals surface area (Å²) in [6.45, 7) is 5.04. The van der Waals surface area contributed by atoms with Gasteiger partial charge in [-0.25, -0.2) is 0 Å². The number of ether oxygens (including phenoxy) is 1. The molecule has 56 valence electrons. The van der Waals surface area contributed by atoms with Crippen molar-refractivity contribution in [3.8, 4) is 5.75 Å². The fraction of sp³-hybridized carbons (Fsp3) is 0.111. The lowest BCUT2D eigenvalue weighted by molar-refractivity contribution is 0.104. The lowest BCUT2D eigenvalue weighted by atomic mass is 10.1. The molecule has 0 aliphatic carbocycles. The van der Waals surface area contributed by atoms with Gasteiger partial charge >= 0.3 is 0 Å². The molecule has 0 aliphatic rings. The van der Waals surface area contributed by atoms with Crippen molar-refractivity contribution in [2.75, 3.05) is 7.11 Å². The van der Waals surface area contributed by atoms with Crippen molar-refractivity contribution >= 4 is 5.78 Å². The van der Waals surface area contributed by atoms with Gasteiger partial charge in [0, 0.05) is 12.5 Å². The average molecular weight is 148 g/mol. The first-order chi connectivity index (χ1) is 5.24. The number of carbonyl (C=O) groups is 1. The van der Waals surface area contributed by atoms with Gasteiger partial charge in [-0.1, -0.05) is 12.1 Å². The third kappa shape index (κ3) is 1.80. The molecule has 0 bridgehead atoms. The minimum absolute atomic E-state index is 0.441. The van der Waals surface area contributed by atoms with Crippen molar-refractivity contribution in [2.24, 2.45) is 0 Å². The molecule has 1 aromatic rings.